The van der Waals surface area contributed by atoms with Gasteiger partial charge in [-0.15, -0.1) is 0 Å². The van der Waals surface area contributed by atoms with Gasteiger partial charge in [0.1, 0.15) is 5.76 Å². The maximum Gasteiger partial charge on any atom is 0.255 e. The largest absolute Gasteiger partial charge is 0.760 e. The number of fused-ring (bicyclic) bond motifs is 1. The van der Waals surface area contributed by atoms with E-state index in [1.54, 1.807) is 13.7 Å². The maximum absolute atomic E-state index is 13.0. The second-order valence-electron chi connectivity index (χ2n) is 10.2. The summed E-state index contributed by atoms with van der Waals surface area (Å²) in [7, 11) is -1.00. The molecule has 2 atom stereocenters. The Kier molecular flexibility index (Phi) is 9.78. The van der Waals surface area contributed by atoms with Crippen LogP contribution in [0.4, 0.5) is 0 Å². The predicted octanol–water partition coefficient (Wildman–Crippen LogP) is 5.75. The molecule has 1 aromatic carbocycles. The molecule has 1 amide bonds. The molecule has 1 saturated carbocycles. The molecule has 9 nitrogen and oxygen atoms in total. The summed E-state index contributed by atoms with van der Waals surface area (Å²) in [6, 6.07) is 9.70. The molecular weight excluding hydrogens is 537 g/mol. The zero-order chi connectivity index (χ0) is 28.2. The minimum atomic E-state index is -2.59. The number of amides is 1. The Bertz CT molecular complexity index is 1390. The van der Waals surface area contributed by atoms with Crippen LogP contribution in [0.25, 0.3) is 22.4 Å². The Balaban J connectivity index is 1.59. The Hall–Kier alpha value is -2.36. The highest BCUT2D eigenvalue weighted by Gasteiger charge is 2.31. The number of unbranched alkanes of at least 4 members (excludes halogenated alkanes) is 2. The van der Waals surface area contributed by atoms with Crippen molar-refractivity contribution in [2.75, 3.05) is 33.0 Å². The van der Waals surface area contributed by atoms with Gasteiger partial charge in [-0.05, 0) is 57.1 Å². The number of benzene rings is 1. The van der Waals surface area contributed by atoms with Gasteiger partial charge in [-0.3, -0.25) is 13.6 Å². The van der Waals surface area contributed by atoms with Gasteiger partial charge in [-0.1, -0.05) is 36.2 Å². The molecule has 212 valence electrons. The molecule has 0 spiro atoms. The van der Waals surface area contributed by atoms with Gasteiger partial charge >= 0.3 is 0 Å². The number of aromatic nitrogens is 1. The van der Waals surface area contributed by atoms with E-state index in [-0.39, 0.29) is 18.4 Å². The molecular formula is C28H37N3O6PS-. The van der Waals surface area contributed by atoms with Crippen molar-refractivity contribution < 1.29 is 27.1 Å². The first kappa shape index (κ1) is 29.6. The molecule has 4 rings (SSSR count). The topological polar surface area (TPSA) is 125 Å². The third kappa shape index (κ3) is 7.44. The van der Waals surface area contributed by atoms with Crippen LogP contribution in [0.1, 0.15) is 72.1 Å². The zero-order valence-corrected chi connectivity index (χ0v) is 24.7. The third-order valence-corrected chi connectivity index (χ3v) is 9.66. The fraction of sp³-hybridized carbons (Fsp3) is 0.500. The summed E-state index contributed by atoms with van der Waals surface area (Å²) in [4.78, 5) is 17.7. The highest BCUT2D eigenvalue weighted by Crippen LogP contribution is 2.45. The Morgan fingerprint density at radius 1 is 1.26 bits per heavy atom. The van der Waals surface area contributed by atoms with Gasteiger partial charge in [0, 0.05) is 43.2 Å². The van der Waals surface area contributed by atoms with Crippen molar-refractivity contribution >= 4 is 35.6 Å². The van der Waals surface area contributed by atoms with E-state index in [0.29, 0.717) is 60.3 Å². The summed E-state index contributed by atoms with van der Waals surface area (Å²) in [5, 5.41) is 3.34. The van der Waals surface area contributed by atoms with Crippen molar-refractivity contribution in [3.63, 3.8) is 0 Å². The number of nitrogens with zero attached hydrogens (tertiary/aromatic N) is 2. The lowest BCUT2D eigenvalue weighted by Crippen LogP contribution is -2.27. The lowest BCUT2D eigenvalue weighted by atomic mass is 10.0. The average Bonchev–Trinajstić information content (AvgIpc) is 3.67. The van der Waals surface area contributed by atoms with Gasteiger partial charge in [0.2, 0.25) is 5.71 Å². The SMILES string of the molecule is CCOP(C)(=O)CCCCCN(Cc1nc2oc(-c3ccc(C)cc3)c(C(=O)NC)c2cc1C1CC1)S(=O)[O-]. The molecule has 0 saturated heterocycles. The first-order valence-corrected chi connectivity index (χ1v) is 16.7. The van der Waals surface area contributed by atoms with E-state index in [2.05, 4.69) is 5.32 Å². The number of pyridine rings is 1. The van der Waals surface area contributed by atoms with Crippen molar-refractivity contribution in [3.8, 4) is 11.3 Å². The highest BCUT2D eigenvalue weighted by atomic mass is 32.2. The number of nitrogens with one attached hydrogen (secondary N) is 1. The summed E-state index contributed by atoms with van der Waals surface area (Å²) in [5.41, 5.74) is 4.22. The zero-order valence-electron chi connectivity index (χ0n) is 23.0. The summed E-state index contributed by atoms with van der Waals surface area (Å²) < 4.78 is 49.4. The quantitative estimate of drug-likeness (QED) is 0.148. The second-order valence-corrected chi connectivity index (χ2v) is 13.9. The van der Waals surface area contributed by atoms with E-state index in [4.69, 9.17) is 13.9 Å². The fourth-order valence-electron chi connectivity index (χ4n) is 4.78. The minimum Gasteiger partial charge on any atom is -0.760 e. The average molecular weight is 575 g/mol. The monoisotopic (exact) mass is 574 g/mol. The summed E-state index contributed by atoms with van der Waals surface area (Å²) in [5.74, 6) is 0.468. The third-order valence-electron chi connectivity index (χ3n) is 6.99. The number of furan rings is 1. The van der Waals surface area contributed by atoms with E-state index >= 15 is 0 Å². The first-order valence-electron chi connectivity index (χ1n) is 13.4. The molecule has 2 aromatic heterocycles. The molecule has 1 aliphatic carbocycles. The van der Waals surface area contributed by atoms with Crippen molar-refractivity contribution in [1.82, 2.24) is 14.6 Å². The number of hydrogen-bond acceptors (Lipinski definition) is 7. The van der Waals surface area contributed by atoms with Gasteiger partial charge in [-0.2, -0.15) is 0 Å². The molecule has 3 aromatic rings. The van der Waals surface area contributed by atoms with E-state index in [1.165, 1.54) is 4.31 Å². The van der Waals surface area contributed by atoms with Crippen LogP contribution in [0.5, 0.6) is 0 Å². The summed E-state index contributed by atoms with van der Waals surface area (Å²) >= 11 is -2.43. The van der Waals surface area contributed by atoms with E-state index in [9.17, 15) is 18.1 Å². The smallest absolute Gasteiger partial charge is 0.255 e. The van der Waals surface area contributed by atoms with Gasteiger partial charge in [-0.25, -0.2) is 9.29 Å². The molecule has 2 unspecified atom stereocenters. The van der Waals surface area contributed by atoms with Gasteiger partial charge in [0.15, 0.2) is 7.37 Å². The Morgan fingerprint density at radius 3 is 2.59 bits per heavy atom. The van der Waals surface area contributed by atoms with Crippen LogP contribution in [0.15, 0.2) is 34.7 Å². The van der Waals surface area contributed by atoms with Gasteiger partial charge < -0.3 is 18.8 Å². The number of carbonyl (C=O) groups is 1. The molecule has 0 bridgehead atoms. The van der Waals surface area contributed by atoms with Gasteiger partial charge in [0.25, 0.3) is 5.91 Å². The fourth-order valence-corrected chi connectivity index (χ4v) is 6.76. The molecule has 0 radical (unpaired) electrons. The molecule has 39 heavy (non-hydrogen) atoms. The maximum atomic E-state index is 13.0. The van der Waals surface area contributed by atoms with Crippen molar-refractivity contribution in [2.24, 2.45) is 0 Å². The standard InChI is InChI=1S/C28H38N3O6PS/c1-5-36-38(4,33)16-8-6-7-15-31(39(34)35)18-24-22(20-13-14-20)17-23-25(27(32)29-3)26(37-28(23)30-24)21-11-9-19(2)10-12-21/h9-12,17,20H,5-8,13-16,18H2,1-4H3,(H,29,32)(H,34,35)/p-1. The Morgan fingerprint density at radius 2 is 1.97 bits per heavy atom. The van der Waals surface area contributed by atoms with E-state index in [1.807, 2.05) is 44.2 Å². The van der Waals surface area contributed by atoms with Crippen LogP contribution < -0.4 is 5.32 Å². The second kappa shape index (κ2) is 12.9. The van der Waals surface area contributed by atoms with Crippen LogP contribution in [0, 0.1) is 6.92 Å². The van der Waals surface area contributed by atoms with Crippen molar-refractivity contribution in [2.45, 2.75) is 58.4 Å². The number of rotatable bonds is 14. The summed E-state index contributed by atoms with van der Waals surface area (Å²) in [6.45, 7) is 6.34. The molecule has 11 heteroatoms. The van der Waals surface area contributed by atoms with Crippen molar-refractivity contribution in [1.29, 1.82) is 0 Å². The van der Waals surface area contributed by atoms with Crippen LogP contribution >= 0.6 is 7.37 Å². The highest BCUT2D eigenvalue weighted by molar-refractivity contribution is 7.76. The van der Waals surface area contributed by atoms with E-state index < -0.39 is 18.6 Å². The summed E-state index contributed by atoms with van der Waals surface area (Å²) in [6.07, 6.45) is 4.57. The first-order chi connectivity index (χ1) is 18.6. The lowest BCUT2D eigenvalue weighted by molar-refractivity contribution is 0.0964. The predicted molar refractivity (Wildman–Crippen MR) is 153 cm³/mol. The van der Waals surface area contributed by atoms with E-state index in [0.717, 1.165) is 36.0 Å². The lowest BCUT2D eigenvalue weighted by Gasteiger charge is -2.25. The van der Waals surface area contributed by atoms with Gasteiger partial charge in [0.05, 0.1) is 29.8 Å². The normalized spacial score (nSPS) is 15.9. The van der Waals surface area contributed by atoms with Crippen LogP contribution in [-0.2, 0) is 26.9 Å². The minimum absolute atomic E-state index is 0.124. The molecule has 1 aliphatic rings. The number of carbonyl (C=O) groups excluding carboxylic acids is 1. The molecule has 1 N–H and O–H groups in total. The van der Waals surface area contributed by atoms with Crippen molar-refractivity contribution in [3.05, 3.63) is 52.7 Å². The molecule has 2 heterocycles. The molecule has 0 aliphatic heterocycles. The van der Waals surface area contributed by atoms with Crippen LogP contribution in [-0.4, -0.2) is 57.0 Å². The Labute approximate surface area is 232 Å². The molecule has 1 fully saturated rings. The number of hydrogen-bond donors (Lipinski definition) is 1. The number of aryl methyl sites for hydroxylation is 1. The van der Waals surface area contributed by atoms with Crippen LogP contribution in [0.3, 0.4) is 0 Å². The van der Waals surface area contributed by atoms with Crippen LogP contribution in [0.2, 0.25) is 0 Å².